The molecule has 10 heteroatoms. The fourth-order valence-corrected chi connectivity index (χ4v) is 8.70. The second kappa shape index (κ2) is 20.2. The Morgan fingerprint density at radius 2 is 1.75 bits per heavy atom. The molecular formula is C45H62N2O8. The molecule has 55 heavy (non-hydrogen) atoms. The molecule has 0 saturated heterocycles. The number of nitrogens with zero attached hydrogens (tertiary/aromatic N) is 2. The van der Waals surface area contributed by atoms with Crippen LogP contribution in [0.3, 0.4) is 0 Å². The number of hydrogen-bond acceptors (Lipinski definition) is 9. The maximum atomic E-state index is 14.1. The van der Waals surface area contributed by atoms with Crippen molar-refractivity contribution in [2.75, 3.05) is 39.6 Å². The lowest BCUT2D eigenvalue weighted by Gasteiger charge is -2.59. The Balaban J connectivity index is 1.76. The normalized spacial score (nSPS) is 24.5. The SMILES string of the molecule is C=CCCOC(=O)N(CCC)C1CC(=NOCC)C2=CC(CCCCO)C(CCCCO)C3c4cc(Oc5ccc(C)c(C)c5)ccc4OC1(OCC=C)C23. The van der Waals surface area contributed by atoms with E-state index in [0.29, 0.717) is 56.8 Å². The zero-order valence-electron chi connectivity index (χ0n) is 33.3. The smallest absolute Gasteiger partial charge is 0.410 e. The number of fused-ring (bicyclic) bond motifs is 2. The number of benzene rings is 2. The van der Waals surface area contributed by atoms with Gasteiger partial charge in [0.25, 0.3) is 0 Å². The van der Waals surface area contributed by atoms with Crippen molar-refractivity contribution in [2.45, 2.75) is 103 Å². The summed E-state index contributed by atoms with van der Waals surface area (Å²) in [6.07, 6.45) is 11.7. The number of hydrogen-bond donors (Lipinski definition) is 2. The van der Waals surface area contributed by atoms with Gasteiger partial charge < -0.3 is 34.0 Å². The first kappa shape index (κ1) is 42.0. The first-order valence-electron chi connectivity index (χ1n) is 20.3. The molecule has 2 N–H and O–H groups in total. The molecule has 1 fully saturated rings. The summed E-state index contributed by atoms with van der Waals surface area (Å²) in [5.74, 6) is 0.477. The predicted octanol–water partition coefficient (Wildman–Crippen LogP) is 9.17. The van der Waals surface area contributed by atoms with E-state index in [1.54, 1.807) is 17.1 Å². The van der Waals surface area contributed by atoms with E-state index < -0.39 is 23.8 Å². The lowest BCUT2D eigenvalue weighted by atomic mass is 9.55. The van der Waals surface area contributed by atoms with Crippen LogP contribution in [0.15, 0.2) is 78.5 Å². The Morgan fingerprint density at radius 1 is 1.00 bits per heavy atom. The standard InChI is InChI=1S/C45H62N2O8/c1-7-11-26-51-44(50)47(22-8-2)41-30-39(46-53-10-4)37-28-33(16-12-14-23-48)36(17-13-15-24-49)42-38-29-35(54-34-19-18-31(5)32(6)27-34)20-21-40(38)55-45(41,43(37)42)52-25-9-3/h7,9,18-21,27-29,33,36,41-43,48-49H,1,3,8,10-17,22-26,30H2,2,4-6H3. The predicted molar refractivity (Wildman–Crippen MR) is 216 cm³/mol. The van der Waals surface area contributed by atoms with Gasteiger partial charge in [-0.1, -0.05) is 49.2 Å². The van der Waals surface area contributed by atoms with Crippen LogP contribution in [-0.2, 0) is 14.3 Å². The third kappa shape index (κ3) is 9.47. The highest BCUT2D eigenvalue weighted by Crippen LogP contribution is 2.62. The van der Waals surface area contributed by atoms with Crippen molar-refractivity contribution >= 4 is 11.8 Å². The lowest BCUT2D eigenvalue weighted by Crippen LogP contribution is -2.70. The quantitative estimate of drug-likeness (QED) is 0.0735. The summed E-state index contributed by atoms with van der Waals surface area (Å²) in [4.78, 5) is 21.7. The van der Waals surface area contributed by atoms with Gasteiger partial charge in [-0.05, 0) is 118 Å². The number of aryl methyl sites for hydroxylation is 2. The Hall–Kier alpha value is -4.12. The van der Waals surface area contributed by atoms with Gasteiger partial charge in [0, 0.05) is 37.7 Å². The van der Waals surface area contributed by atoms with E-state index >= 15 is 0 Å². The topological polar surface area (TPSA) is 119 Å². The van der Waals surface area contributed by atoms with Gasteiger partial charge in [0.1, 0.15) is 29.9 Å². The Labute approximate surface area is 327 Å². The van der Waals surface area contributed by atoms with Crippen LogP contribution in [0, 0.1) is 31.6 Å². The number of rotatable bonds is 21. The third-order valence-electron chi connectivity index (χ3n) is 11.3. The minimum Gasteiger partial charge on any atom is -0.459 e. The fraction of sp³-hybridized carbons (Fsp3) is 0.556. The van der Waals surface area contributed by atoms with Crippen LogP contribution in [0.5, 0.6) is 17.2 Å². The number of oxime groups is 1. The van der Waals surface area contributed by atoms with Gasteiger partial charge in [-0.3, -0.25) is 4.90 Å². The number of carbonyl (C=O) groups excluding carboxylic acids is 1. The molecule has 1 heterocycles. The van der Waals surface area contributed by atoms with Crippen molar-refractivity contribution in [3.05, 3.63) is 90.0 Å². The van der Waals surface area contributed by atoms with Crippen LogP contribution >= 0.6 is 0 Å². The summed E-state index contributed by atoms with van der Waals surface area (Å²) in [7, 11) is 0. The highest BCUT2D eigenvalue weighted by Gasteiger charge is 2.65. The maximum absolute atomic E-state index is 14.1. The summed E-state index contributed by atoms with van der Waals surface area (Å²) >= 11 is 0. The van der Waals surface area contributed by atoms with Gasteiger partial charge >= 0.3 is 6.09 Å². The Bertz CT molecular complexity index is 1670. The second-order valence-electron chi connectivity index (χ2n) is 14.9. The summed E-state index contributed by atoms with van der Waals surface area (Å²) < 4.78 is 26.7. The van der Waals surface area contributed by atoms with Gasteiger partial charge in [0.05, 0.1) is 24.8 Å². The molecule has 3 aliphatic rings. The van der Waals surface area contributed by atoms with Gasteiger partial charge in [-0.15, -0.1) is 13.2 Å². The highest BCUT2D eigenvalue weighted by molar-refractivity contribution is 6.03. The number of unbranched alkanes of at least 4 members (excludes halogenated alkanes) is 2. The molecule has 0 radical (unpaired) electrons. The maximum Gasteiger partial charge on any atom is 0.410 e. The number of amides is 1. The largest absolute Gasteiger partial charge is 0.459 e. The molecule has 1 aliphatic heterocycles. The van der Waals surface area contributed by atoms with Crippen molar-refractivity contribution in [3.8, 4) is 17.2 Å². The molecule has 10 nitrogen and oxygen atoms in total. The van der Waals surface area contributed by atoms with Gasteiger partial charge in [-0.2, -0.15) is 0 Å². The molecule has 300 valence electrons. The molecule has 2 aromatic rings. The number of aliphatic hydroxyl groups is 2. The van der Waals surface area contributed by atoms with Crippen molar-refractivity contribution in [1.29, 1.82) is 0 Å². The zero-order valence-corrected chi connectivity index (χ0v) is 33.3. The molecular weight excluding hydrogens is 697 g/mol. The lowest BCUT2D eigenvalue weighted by molar-refractivity contribution is -0.255. The van der Waals surface area contributed by atoms with E-state index in [1.807, 2.05) is 32.0 Å². The van der Waals surface area contributed by atoms with Crippen LogP contribution < -0.4 is 9.47 Å². The molecule has 1 amide bonds. The van der Waals surface area contributed by atoms with Gasteiger partial charge in [-0.25, -0.2) is 4.79 Å². The van der Waals surface area contributed by atoms with Crippen molar-refractivity contribution in [2.24, 2.45) is 22.9 Å². The number of ether oxygens (including phenoxy) is 4. The van der Waals surface area contributed by atoms with Crippen LogP contribution in [0.25, 0.3) is 0 Å². The summed E-state index contributed by atoms with van der Waals surface area (Å²) in [5, 5.41) is 24.5. The van der Waals surface area contributed by atoms with E-state index in [-0.39, 0.29) is 44.2 Å². The third-order valence-corrected chi connectivity index (χ3v) is 11.3. The number of aliphatic hydroxyl groups excluding tert-OH is 2. The monoisotopic (exact) mass is 758 g/mol. The summed E-state index contributed by atoms with van der Waals surface area (Å²) in [6, 6.07) is 11.5. The molecule has 2 aromatic carbocycles. The van der Waals surface area contributed by atoms with E-state index in [9.17, 15) is 15.0 Å². The summed E-state index contributed by atoms with van der Waals surface area (Å²) in [5.41, 5.74) is 5.10. The number of carbonyl (C=O) groups is 1. The van der Waals surface area contributed by atoms with Gasteiger partial charge in [0.2, 0.25) is 5.79 Å². The average Bonchev–Trinajstić information content (AvgIpc) is 3.18. The van der Waals surface area contributed by atoms with E-state index in [4.69, 9.17) is 28.9 Å². The second-order valence-corrected chi connectivity index (χ2v) is 14.9. The Morgan fingerprint density at radius 3 is 2.44 bits per heavy atom. The molecule has 0 aromatic heterocycles. The van der Waals surface area contributed by atoms with Crippen molar-refractivity contribution in [1.82, 2.24) is 4.90 Å². The van der Waals surface area contributed by atoms with Crippen LogP contribution in [0.4, 0.5) is 4.79 Å². The molecule has 6 atom stereocenters. The van der Waals surface area contributed by atoms with Gasteiger partial charge in [0.15, 0.2) is 0 Å². The molecule has 0 spiro atoms. The van der Waals surface area contributed by atoms with E-state index in [1.165, 1.54) is 5.56 Å². The first-order chi connectivity index (χ1) is 26.8. The fourth-order valence-electron chi connectivity index (χ4n) is 8.70. The van der Waals surface area contributed by atoms with Crippen molar-refractivity contribution < 1.29 is 38.8 Å². The molecule has 6 unspecified atom stereocenters. The van der Waals surface area contributed by atoms with Crippen LogP contribution in [0.2, 0.25) is 0 Å². The molecule has 2 aliphatic carbocycles. The van der Waals surface area contributed by atoms with Crippen LogP contribution in [-0.4, -0.2) is 78.3 Å². The van der Waals surface area contributed by atoms with E-state index in [2.05, 4.69) is 51.3 Å². The molecule has 5 rings (SSSR count). The molecule has 0 bridgehead atoms. The minimum absolute atomic E-state index is 0.108. The van der Waals surface area contributed by atoms with Crippen molar-refractivity contribution in [3.63, 3.8) is 0 Å². The van der Waals surface area contributed by atoms with E-state index in [0.717, 1.165) is 53.8 Å². The van der Waals surface area contributed by atoms with Crippen LogP contribution in [0.1, 0.15) is 94.2 Å². The number of allylic oxidation sites excluding steroid dienone is 1. The molecule has 1 saturated carbocycles. The Kier molecular flexibility index (Phi) is 15.4. The minimum atomic E-state index is -1.34. The average molecular weight is 759 g/mol. The zero-order chi connectivity index (χ0) is 39.4. The first-order valence-corrected chi connectivity index (χ1v) is 20.3. The summed E-state index contributed by atoms with van der Waals surface area (Å²) in [6.45, 7) is 17.4. The highest BCUT2D eigenvalue weighted by atomic mass is 16.7.